The molecule has 0 radical (unpaired) electrons. The largest absolute Gasteiger partial charge is 0.469 e. The zero-order valence-corrected chi connectivity index (χ0v) is 17.0. The van der Waals surface area contributed by atoms with E-state index in [-0.39, 0.29) is 18.5 Å². The number of rotatable bonds is 11. The number of nitro groups is 1. The molecular formula is C21H23N5O5. The molecule has 0 aromatic heterocycles. The van der Waals surface area contributed by atoms with Crippen LogP contribution in [0.3, 0.4) is 0 Å². The quantitative estimate of drug-likeness (QED) is 0.144. The van der Waals surface area contributed by atoms with E-state index in [1.807, 2.05) is 30.3 Å². The Balaban J connectivity index is 2.05. The third-order valence-corrected chi connectivity index (χ3v) is 4.69. The van der Waals surface area contributed by atoms with Gasteiger partial charge in [0.2, 0.25) is 5.91 Å². The van der Waals surface area contributed by atoms with E-state index in [1.54, 1.807) is 0 Å². The predicted octanol–water partition coefficient (Wildman–Crippen LogP) is 4.02. The summed E-state index contributed by atoms with van der Waals surface area (Å²) in [4.78, 5) is 37.4. The van der Waals surface area contributed by atoms with Gasteiger partial charge in [0.1, 0.15) is 0 Å². The first-order valence-electron chi connectivity index (χ1n) is 9.61. The molecule has 0 fully saturated rings. The minimum Gasteiger partial charge on any atom is -0.469 e. The number of benzene rings is 2. The Hall–Kier alpha value is -3.91. The summed E-state index contributed by atoms with van der Waals surface area (Å²) in [6.07, 6.45) is 1.03. The van der Waals surface area contributed by atoms with E-state index < -0.39 is 28.9 Å². The number of nitrogens with one attached hydrogen (secondary N) is 1. The van der Waals surface area contributed by atoms with Crippen molar-refractivity contribution in [3.8, 4) is 0 Å². The summed E-state index contributed by atoms with van der Waals surface area (Å²) in [5.41, 5.74) is 10.3. The van der Waals surface area contributed by atoms with Crippen molar-refractivity contribution in [3.05, 3.63) is 86.3 Å². The minimum absolute atomic E-state index is 0.0127. The van der Waals surface area contributed by atoms with E-state index in [9.17, 15) is 19.7 Å². The zero-order chi connectivity index (χ0) is 22.6. The Morgan fingerprint density at radius 3 is 2.42 bits per heavy atom. The SMILES string of the molecule is COC(=O)C[C@H](CCc1ccccc1)NC(=O)C[C@H](N=[N+]=[N-])c1ccc([N+](=O)[O-])cc1. The number of hydrogen-bond donors (Lipinski definition) is 1. The van der Waals surface area contributed by atoms with Crippen molar-refractivity contribution in [1.29, 1.82) is 0 Å². The van der Waals surface area contributed by atoms with Crippen LogP contribution in [0.15, 0.2) is 59.7 Å². The van der Waals surface area contributed by atoms with Gasteiger partial charge in [-0.2, -0.15) is 0 Å². The number of nitrogens with zero attached hydrogens (tertiary/aromatic N) is 4. The highest BCUT2D eigenvalue weighted by atomic mass is 16.6. The number of carbonyl (C=O) groups is 2. The predicted molar refractivity (Wildman–Crippen MR) is 113 cm³/mol. The molecule has 0 unspecified atom stereocenters. The Morgan fingerprint density at radius 1 is 1.16 bits per heavy atom. The van der Waals surface area contributed by atoms with E-state index in [4.69, 9.17) is 10.3 Å². The molecule has 2 aromatic carbocycles. The van der Waals surface area contributed by atoms with E-state index >= 15 is 0 Å². The first kappa shape index (κ1) is 23.4. The normalized spacial score (nSPS) is 12.2. The standard InChI is InChI=1S/C21H23N5O5/c1-31-21(28)13-17(10-7-15-5-3-2-4-6-15)23-20(27)14-19(24-25-22)16-8-11-18(12-9-16)26(29)30/h2-6,8-9,11-12,17,19H,7,10,13-14H2,1H3,(H,23,27)/t17-,19-/m0/s1. The summed E-state index contributed by atoms with van der Waals surface area (Å²) in [5, 5.41) is 17.3. The number of nitro benzene ring substituents is 1. The second-order valence-electron chi connectivity index (χ2n) is 6.84. The van der Waals surface area contributed by atoms with Crippen molar-refractivity contribution in [3.63, 3.8) is 0 Å². The van der Waals surface area contributed by atoms with Gasteiger partial charge in [-0.1, -0.05) is 47.6 Å². The van der Waals surface area contributed by atoms with Gasteiger partial charge in [0.25, 0.3) is 5.69 Å². The van der Waals surface area contributed by atoms with Crippen molar-refractivity contribution in [2.75, 3.05) is 7.11 Å². The molecule has 0 saturated carbocycles. The lowest BCUT2D eigenvalue weighted by Crippen LogP contribution is -2.37. The van der Waals surface area contributed by atoms with Crippen LogP contribution >= 0.6 is 0 Å². The Kier molecular flexibility index (Phi) is 9.00. The van der Waals surface area contributed by atoms with Crippen LogP contribution in [0.25, 0.3) is 10.4 Å². The maximum absolute atomic E-state index is 12.6. The van der Waals surface area contributed by atoms with Gasteiger partial charge in [-0.15, -0.1) is 0 Å². The fraction of sp³-hybridized carbons (Fsp3) is 0.333. The number of methoxy groups -OCH3 is 1. The van der Waals surface area contributed by atoms with Crippen molar-refractivity contribution >= 4 is 17.6 Å². The molecule has 2 rings (SSSR count). The van der Waals surface area contributed by atoms with Crippen LogP contribution in [0.4, 0.5) is 5.69 Å². The number of esters is 1. The minimum atomic E-state index is -0.835. The number of ether oxygens (including phenoxy) is 1. The molecule has 162 valence electrons. The lowest BCUT2D eigenvalue weighted by Gasteiger charge is -2.19. The van der Waals surface area contributed by atoms with Crippen LogP contribution in [-0.4, -0.2) is 30.0 Å². The fourth-order valence-corrected chi connectivity index (χ4v) is 3.06. The Morgan fingerprint density at radius 2 is 1.84 bits per heavy atom. The van der Waals surface area contributed by atoms with E-state index in [0.717, 1.165) is 5.56 Å². The van der Waals surface area contributed by atoms with Crippen LogP contribution in [-0.2, 0) is 20.7 Å². The number of non-ortho nitro benzene ring substituents is 1. The maximum atomic E-state index is 12.6. The number of azide groups is 1. The van der Waals surface area contributed by atoms with E-state index in [0.29, 0.717) is 18.4 Å². The first-order chi connectivity index (χ1) is 14.9. The molecule has 0 aliphatic rings. The molecule has 0 spiro atoms. The molecule has 2 aromatic rings. The number of hydrogen-bond acceptors (Lipinski definition) is 6. The maximum Gasteiger partial charge on any atom is 0.307 e. The van der Waals surface area contributed by atoms with Crippen LogP contribution in [0.2, 0.25) is 0 Å². The molecule has 10 heteroatoms. The molecule has 1 amide bonds. The highest BCUT2D eigenvalue weighted by Gasteiger charge is 2.21. The molecule has 0 aliphatic carbocycles. The highest BCUT2D eigenvalue weighted by Crippen LogP contribution is 2.24. The van der Waals surface area contributed by atoms with Gasteiger partial charge >= 0.3 is 5.97 Å². The number of carbonyl (C=O) groups excluding carboxylic acids is 2. The molecule has 2 atom stereocenters. The van der Waals surface area contributed by atoms with Gasteiger partial charge in [-0.3, -0.25) is 19.7 Å². The van der Waals surface area contributed by atoms with Gasteiger partial charge in [-0.05, 0) is 29.5 Å². The van der Waals surface area contributed by atoms with Gasteiger partial charge in [0.05, 0.1) is 24.5 Å². The average molecular weight is 425 g/mol. The lowest BCUT2D eigenvalue weighted by molar-refractivity contribution is -0.384. The molecule has 10 nitrogen and oxygen atoms in total. The topological polar surface area (TPSA) is 147 Å². The van der Waals surface area contributed by atoms with Gasteiger partial charge in [0.15, 0.2) is 0 Å². The van der Waals surface area contributed by atoms with Crippen molar-refractivity contribution in [2.24, 2.45) is 5.11 Å². The molecule has 0 aliphatic heterocycles. The molecule has 0 heterocycles. The number of amides is 1. The van der Waals surface area contributed by atoms with Crippen LogP contribution in [0, 0.1) is 10.1 Å². The molecule has 31 heavy (non-hydrogen) atoms. The van der Waals surface area contributed by atoms with Crippen molar-refractivity contribution in [1.82, 2.24) is 5.32 Å². The second-order valence-corrected chi connectivity index (χ2v) is 6.84. The Bertz CT molecular complexity index is 942. The van der Waals surface area contributed by atoms with Crippen LogP contribution < -0.4 is 5.32 Å². The summed E-state index contributed by atoms with van der Waals surface area (Å²) < 4.78 is 4.72. The van der Waals surface area contributed by atoms with Crippen LogP contribution in [0.5, 0.6) is 0 Å². The molecule has 0 saturated heterocycles. The van der Waals surface area contributed by atoms with Gasteiger partial charge < -0.3 is 10.1 Å². The van der Waals surface area contributed by atoms with E-state index in [1.165, 1.54) is 31.4 Å². The Labute approximate surface area is 179 Å². The number of aryl methyl sites for hydroxylation is 1. The van der Waals surface area contributed by atoms with Crippen LogP contribution in [0.1, 0.15) is 36.4 Å². The first-order valence-corrected chi connectivity index (χ1v) is 9.61. The van der Waals surface area contributed by atoms with E-state index in [2.05, 4.69) is 15.3 Å². The summed E-state index contributed by atoms with van der Waals surface area (Å²) in [6.45, 7) is 0. The second kappa shape index (κ2) is 11.9. The van der Waals surface area contributed by atoms with Crippen molar-refractivity contribution < 1.29 is 19.2 Å². The smallest absolute Gasteiger partial charge is 0.307 e. The third-order valence-electron chi connectivity index (χ3n) is 4.69. The highest BCUT2D eigenvalue weighted by molar-refractivity contribution is 5.78. The van der Waals surface area contributed by atoms with Gasteiger partial charge in [0, 0.05) is 29.5 Å². The summed E-state index contributed by atoms with van der Waals surface area (Å²) in [5.74, 6) is -0.849. The summed E-state index contributed by atoms with van der Waals surface area (Å²) in [6, 6.07) is 13.8. The fourth-order valence-electron chi connectivity index (χ4n) is 3.06. The molecule has 0 bridgehead atoms. The molecule has 1 N–H and O–H groups in total. The zero-order valence-electron chi connectivity index (χ0n) is 17.0. The monoisotopic (exact) mass is 425 g/mol. The average Bonchev–Trinajstić information content (AvgIpc) is 2.77. The van der Waals surface area contributed by atoms with Crippen molar-refractivity contribution in [2.45, 2.75) is 37.8 Å². The summed E-state index contributed by atoms with van der Waals surface area (Å²) in [7, 11) is 1.28. The summed E-state index contributed by atoms with van der Waals surface area (Å²) >= 11 is 0. The molecular weight excluding hydrogens is 402 g/mol. The third kappa shape index (κ3) is 7.79. The lowest BCUT2D eigenvalue weighted by atomic mass is 10.0. The van der Waals surface area contributed by atoms with Gasteiger partial charge in [-0.25, -0.2) is 0 Å².